The molecule has 0 saturated heterocycles. The molecule has 0 atom stereocenters. The fraction of sp³-hybridized carbons (Fsp3) is 0.500. The molecule has 27 heavy (non-hydrogen) atoms. The molecule has 0 unspecified atom stereocenters. The first-order chi connectivity index (χ1) is 13.3. The summed E-state index contributed by atoms with van der Waals surface area (Å²) in [4.78, 5) is 4.64. The van der Waals surface area contributed by atoms with E-state index in [1.165, 1.54) is 29.7 Å². The van der Waals surface area contributed by atoms with Crippen molar-refractivity contribution in [3.63, 3.8) is 0 Å². The Morgan fingerprint density at radius 2 is 1.56 bits per heavy atom. The van der Waals surface area contributed by atoms with Crippen LogP contribution in [0.3, 0.4) is 0 Å². The van der Waals surface area contributed by atoms with E-state index < -0.39 is 0 Å². The van der Waals surface area contributed by atoms with E-state index in [0.717, 1.165) is 23.9 Å². The van der Waals surface area contributed by atoms with Gasteiger partial charge in [-0.2, -0.15) is 0 Å². The Labute approximate surface area is 165 Å². The molecule has 148 valence electrons. The van der Waals surface area contributed by atoms with Gasteiger partial charge in [0, 0.05) is 11.6 Å². The van der Waals surface area contributed by atoms with Crippen molar-refractivity contribution in [2.24, 2.45) is 0 Å². The standard InChI is InChI=1S/C18H18N2O.3C2H6/c1-12-11-16(14-8-9-14)19-18-17(12)15(20-21-18)10-7-13-5-3-2-4-6-13;3*1-2/h2-6,11,14H,7-10H2,1H3;3*1-2H3. The maximum absolute atomic E-state index is 5.48. The van der Waals surface area contributed by atoms with Crippen LogP contribution in [0.5, 0.6) is 0 Å². The third-order valence-corrected chi connectivity index (χ3v) is 4.22. The second kappa shape index (κ2) is 12.3. The summed E-state index contributed by atoms with van der Waals surface area (Å²) in [6.45, 7) is 14.1. The molecular weight excluding hydrogens is 332 g/mol. The zero-order valence-electron chi connectivity index (χ0n) is 18.2. The minimum Gasteiger partial charge on any atom is -0.336 e. The van der Waals surface area contributed by atoms with Crippen molar-refractivity contribution in [3.8, 4) is 0 Å². The van der Waals surface area contributed by atoms with Gasteiger partial charge in [-0.15, -0.1) is 0 Å². The average Bonchev–Trinajstić information content (AvgIpc) is 3.52. The highest BCUT2D eigenvalue weighted by Gasteiger charge is 2.26. The Morgan fingerprint density at radius 3 is 2.15 bits per heavy atom. The van der Waals surface area contributed by atoms with Gasteiger partial charge in [-0.25, -0.2) is 4.98 Å². The summed E-state index contributed by atoms with van der Waals surface area (Å²) >= 11 is 0. The van der Waals surface area contributed by atoms with E-state index in [1.807, 2.05) is 47.6 Å². The number of benzene rings is 1. The Hall–Kier alpha value is -2.16. The van der Waals surface area contributed by atoms with E-state index >= 15 is 0 Å². The van der Waals surface area contributed by atoms with Crippen LogP contribution in [-0.4, -0.2) is 10.1 Å². The number of fused-ring (bicyclic) bond motifs is 1. The van der Waals surface area contributed by atoms with Crippen molar-refractivity contribution in [2.75, 3.05) is 0 Å². The van der Waals surface area contributed by atoms with Crippen LogP contribution in [0.1, 0.15) is 82.8 Å². The third-order valence-electron chi connectivity index (χ3n) is 4.22. The monoisotopic (exact) mass is 368 g/mol. The van der Waals surface area contributed by atoms with Gasteiger partial charge < -0.3 is 4.52 Å². The largest absolute Gasteiger partial charge is 0.336 e. The van der Waals surface area contributed by atoms with Crippen LogP contribution in [0.2, 0.25) is 0 Å². The second-order valence-corrected chi connectivity index (χ2v) is 5.93. The topological polar surface area (TPSA) is 38.9 Å². The molecule has 1 aromatic carbocycles. The summed E-state index contributed by atoms with van der Waals surface area (Å²) in [5.74, 6) is 0.644. The van der Waals surface area contributed by atoms with Crippen molar-refractivity contribution in [3.05, 3.63) is 58.9 Å². The average molecular weight is 369 g/mol. The third kappa shape index (κ3) is 6.20. The first-order valence-corrected chi connectivity index (χ1v) is 10.6. The summed E-state index contributed by atoms with van der Waals surface area (Å²) in [5.41, 5.74) is 5.48. The van der Waals surface area contributed by atoms with Crippen LogP contribution in [-0.2, 0) is 12.8 Å². The SMILES string of the molecule is CC.CC.CC.Cc1cc(C2CC2)nc2onc(CCc3ccccc3)c12. The Bertz CT molecular complexity index is 774. The van der Waals surface area contributed by atoms with Crippen molar-refractivity contribution < 1.29 is 4.52 Å². The maximum Gasteiger partial charge on any atom is 0.258 e. The summed E-state index contributed by atoms with van der Waals surface area (Å²) in [6.07, 6.45) is 4.38. The fourth-order valence-corrected chi connectivity index (χ4v) is 2.90. The molecular formula is C24H36N2O. The number of aryl methyl sites for hydroxylation is 3. The predicted molar refractivity (Wildman–Crippen MR) is 116 cm³/mol. The molecule has 0 amide bonds. The lowest BCUT2D eigenvalue weighted by molar-refractivity contribution is 0.438. The summed E-state index contributed by atoms with van der Waals surface area (Å²) < 4.78 is 5.48. The van der Waals surface area contributed by atoms with Gasteiger partial charge in [0.25, 0.3) is 5.71 Å². The number of aromatic nitrogens is 2. The molecule has 0 N–H and O–H groups in total. The molecule has 4 rings (SSSR count). The van der Waals surface area contributed by atoms with Crippen LogP contribution in [0.4, 0.5) is 0 Å². The van der Waals surface area contributed by atoms with Crippen LogP contribution in [0.15, 0.2) is 40.9 Å². The number of pyridine rings is 1. The normalized spacial score (nSPS) is 12.1. The highest BCUT2D eigenvalue weighted by atomic mass is 16.5. The van der Waals surface area contributed by atoms with Crippen LogP contribution < -0.4 is 0 Å². The van der Waals surface area contributed by atoms with Crippen molar-refractivity contribution in [1.82, 2.24) is 10.1 Å². The molecule has 3 nitrogen and oxygen atoms in total. The summed E-state index contributed by atoms with van der Waals surface area (Å²) in [6, 6.07) is 12.7. The molecule has 3 aromatic rings. The minimum atomic E-state index is 0.644. The van der Waals surface area contributed by atoms with Gasteiger partial charge >= 0.3 is 0 Å². The van der Waals surface area contributed by atoms with E-state index in [2.05, 4.69) is 47.4 Å². The lowest BCUT2D eigenvalue weighted by Crippen LogP contribution is -1.94. The second-order valence-electron chi connectivity index (χ2n) is 5.93. The van der Waals surface area contributed by atoms with Crippen LogP contribution in [0, 0.1) is 6.92 Å². The number of nitrogens with zero attached hydrogens (tertiary/aromatic N) is 2. The fourth-order valence-electron chi connectivity index (χ4n) is 2.90. The quantitative estimate of drug-likeness (QED) is 0.486. The number of rotatable bonds is 4. The zero-order chi connectivity index (χ0) is 20.2. The highest BCUT2D eigenvalue weighted by Crippen LogP contribution is 2.40. The molecule has 1 saturated carbocycles. The Kier molecular flexibility index (Phi) is 10.4. The van der Waals surface area contributed by atoms with E-state index in [-0.39, 0.29) is 0 Å². The summed E-state index contributed by atoms with van der Waals surface area (Å²) in [7, 11) is 0. The molecule has 3 heteroatoms. The lowest BCUT2D eigenvalue weighted by Gasteiger charge is -2.02. The molecule has 0 radical (unpaired) electrons. The molecule has 0 aliphatic heterocycles. The lowest BCUT2D eigenvalue weighted by atomic mass is 10.0. The molecule has 2 aromatic heterocycles. The summed E-state index contributed by atoms with van der Waals surface area (Å²) in [5, 5.41) is 5.36. The number of hydrogen-bond donors (Lipinski definition) is 0. The van der Waals surface area contributed by atoms with Gasteiger partial charge in [0.15, 0.2) is 0 Å². The van der Waals surface area contributed by atoms with E-state index in [4.69, 9.17) is 4.52 Å². The highest BCUT2D eigenvalue weighted by molar-refractivity contribution is 5.80. The molecule has 1 aliphatic carbocycles. The van der Waals surface area contributed by atoms with Gasteiger partial charge in [-0.3, -0.25) is 0 Å². The van der Waals surface area contributed by atoms with Gasteiger partial charge in [0.2, 0.25) is 0 Å². The maximum atomic E-state index is 5.48. The van der Waals surface area contributed by atoms with Gasteiger partial charge in [0.05, 0.1) is 11.1 Å². The van der Waals surface area contributed by atoms with Crippen molar-refractivity contribution in [1.29, 1.82) is 0 Å². The van der Waals surface area contributed by atoms with E-state index in [0.29, 0.717) is 11.6 Å². The van der Waals surface area contributed by atoms with Gasteiger partial charge in [0.1, 0.15) is 0 Å². The van der Waals surface area contributed by atoms with Crippen molar-refractivity contribution >= 4 is 11.1 Å². The predicted octanol–water partition coefficient (Wildman–Crippen LogP) is 7.27. The first kappa shape index (κ1) is 22.9. The van der Waals surface area contributed by atoms with E-state index in [1.54, 1.807) is 0 Å². The molecule has 1 aliphatic rings. The van der Waals surface area contributed by atoms with Crippen LogP contribution >= 0.6 is 0 Å². The first-order valence-electron chi connectivity index (χ1n) is 10.6. The molecule has 0 bridgehead atoms. The van der Waals surface area contributed by atoms with Crippen molar-refractivity contribution in [2.45, 2.75) is 80.1 Å². The molecule has 1 fully saturated rings. The van der Waals surface area contributed by atoms with Crippen LogP contribution in [0.25, 0.3) is 11.1 Å². The van der Waals surface area contributed by atoms with Gasteiger partial charge in [-0.05, 0) is 49.8 Å². The minimum absolute atomic E-state index is 0.644. The molecule has 0 spiro atoms. The number of hydrogen-bond acceptors (Lipinski definition) is 3. The Balaban J connectivity index is 0.000000556. The van der Waals surface area contributed by atoms with Gasteiger partial charge in [-0.1, -0.05) is 77.0 Å². The smallest absolute Gasteiger partial charge is 0.258 e. The van der Waals surface area contributed by atoms with E-state index in [9.17, 15) is 0 Å². The zero-order valence-corrected chi connectivity index (χ0v) is 18.2. The molecule has 2 heterocycles. The Morgan fingerprint density at radius 1 is 0.926 bits per heavy atom.